The highest BCUT2D eigenvalue weighted by Crippen LogP contribution is 2.42. The standard InChI is InChI=1S/C24H44N8O4S2/c1-5-35-21(33)31(19(37)27-25)23(3,17-13-9-7-10-14-17)29-30-24(4,18-15-11-8-12-16-18)32(20(38)28-26)22(34)36-6-2/h17-18H,5-16,25-26H2,1-4H3,(H,27,37)(H,28,38). The van der Waals surface area contributed by atoms with E-state index in [1.54, 1.807) is 13.8 Å². The molecule has 0 aliphatic heterocycles. The molecule has 2 aliphatic rings. The van der Waals surface area contributed by atoms with Crippen LogP contribution in [0.15, 0.2) is 10.2 Å². The molecule has 2 aliphatic carbocycles. The Hall–Kier alpha value is -2.16. The number of ether oxygens (including phenoxy) is 2. The predicted octanol–water partition coefficient (Wildman–Crippen LogP) is 4.45. The number of rotatable bonds is 8. The van der Waals surface area contributed by atoms with Crippen LogP contribution < -0.4 is 22.5 Å². The first-order valence-electron chi connectivity index (χ1n) is 13.5. The van der Waals surface area contributed by atoms with Gasteiger partial charge in [-0.1, -0.05) is 38.5 Å². The summed E-state index contributed by atoms with van der Waals surface area (Å²) in [6.45, 7) is 7.34. The highest BCUT2D eigenvalue weighted by molar-refractivity contribution is 7.80. The molecule has 0 spiro atoms. The van der Waals surface area contributed by atoms with Gasteiger partial charge in [0.05, 0.1) is 13.2 Å². The number of azo groups is 1. The van der Waals surface area contributed by atoms with Gasteiger partial charge in [0.15, 0.2) is 21.6 Å². The van der Waals surface area contributed by atoms with E-state index in [9.17, 15) is 9.59 Å². The van der Waals surface area contributed by atoms with Gasteiger partial charge in [-0.15, -0.1) is 0 Å². The molecule has 2 rings (SSSR count). The molecule has 38 heavy (non-hydrogen) atoms. The second-order valence-corrected chi connectivity index (χ2v) is 10.8. The van der Waals surface area contributed by atoms with Crippen molar-refractivity contribution in [2.24, 2.45) is 33.7 Å². The van der Waals surface area contributed by atoms with Gasteiger partial charge in [0, 0.05) is 11.8 Å². The van der Waals surface area contributed by atoms with Crippen LogP contribution in [0.25, 0.3) is 0 Å². The van der Waals surface area contributed by atoms with Gasteiger partial charge in [-0.3, -0.25) is 0 Å². The average molecular weight is 573 g/mol. The molecule has 0 heterocycles. The van der Waals surface area contributed by atoms with Gasteiger partial charge in [-0.25, -0.2) is 31.1 Å². The van der Waals surface area contributed by atoms with Crippen LogP contribution >= 0.6 is 24.4 Å². The van der Waals surface area contributed by atoms with Gasteiger partial charge in [0.25, 0.3) is 0 Å². The fraction of sp³-hybridized carbons (Fsp3) is 0.833. The quantitative estimate of drug-likeness (QED) is 0.142. The molecule has 6 N–H and O–H groups in total. The first-order valence-corrected chi connectivity index (χ1v) is 14.3. The Morgan fingerprint density at radius 1 is 0.763 bits per heavy atom. The summed E-state index contributed by atoms with van der Waals surface area (Å²) in [5.41, 5.74) is 2.34. The van der Waals surface area contributed by atoms with E-state index < -0.39 is 23.5 Å². The van der Waals surface area contributed by atoms with Crippen LogP contribution in [0.1, 0.15) is 91.9 Å². The minimum absolute atomic E-state index is 0.0313. The van der Waals surface area contributed by atoms with E-state index >= 15 is 0 Å². The zero-order chi connectivity index (χ0) is 28.3. The van der Waals surface area contributed by atoms with E-state index in [0.717, 1.165) is 64.2 Å². The summed E-state index contributed by atoms with van der Waals surface area (Å²) in [4.78, 5) is 29.0. The number of hydrogen-bond acceptors (Lipinski definition) is 10. The number of carbonyl (C=O) groups is 2. The van der Waals surface area contributed by atoms with E-state index in [4.69, 9.17) is 55.8 Å². The van der Waals surface area contributed by atoms with Crippen molar-refractivity contribution in [2.45, 2.75) is 103 Å². The van der Waals surface area contributed by atoms with E-state index in [2.05, 4.69) is 10.9 Å². The molecule has 12 nitrogen and oxygen atoms in total. The summed E-state index contributed by atoms with van der Waals surface area (Å²) in [6.07, 6.45) is 7.97. The molecule has 2 amide bonds. The monoisotopic (exact) mass is 572 g/mol. The normalized spacial score (nSPS) is 20.1. The van der Waals surface area contributed by atoms with Crippen LogP contribution in [0.3, 0.4) is 0 Å². The SMILES string of the molecule is CCOC(=O)N(C(=S)NN)C(C)(N=NC(C)(C1CCCCC1)N(C(=O)OCC)C(=S)NN)C1CCCCC1. The number of thiocarbonyl (C=S) groups is 2. The first-order chi connectivity index (χ1) is 18.1. The van der Waals surface area contributed by atoms with Gasteiger partial charge < -0.3 is 20.3 Å². The summed E-state index contributed by atoms with van der Waals surface area (Å²) >= 11 is 10.9. The van der Waals surface area contributed by atoms with Crippen LogP contribution in [-0.2, 0) is 9.47 Å². The molecule has 0 aromatic carbocycles. The molecule has 2 atom stereocenters. The minimum atomic E-state index is -1.25. The lowest BCUT2D eigenvalue weighted by Gasteiger charge is -2.46. The Morgan fingerprint density at radius 3 is 1.34 bits per heavy atom. The second kappa shape index (κ2) is 14.8. The van der Waals surface area contributed by atoms with E-state index in [0.29, 0.717) is 0 Å². The maximum absolute atomic E-state index is 13.2. The largest absolute Gasteiger partial charge is 0.449 e. The lowest BCUT2D eigenvalue weighted by Crippen LogP contribution is -2.62. The number of carbonyl (C=O) groups excluding carboxylic acids is 2. The maximum Gasteiger partial charge on any atom is 0.418 e. The van der Waals surface area contributed by atoms with Gasteiger partial charge >= 0.3 is 12.2 Å². The Morgan fingerprint density at radius 2 is 1.08 bits per heavy atom. The molecule has 2 saturated carbocycles. The van der Waals surface area contributed by atoms with Gasteiger partial charge in [-0.2, -0.15) is 10.2 Å². The van der Waals surface area contributed by atoms with Gasteiger partial charge in [-0.05, 0) is 77.8 Å². The van der Waals surface area contributed by atoms with Crippen LogP contribution in [-0.4, -0.2) is 56.8 Å². The van der Waals surface area contributed by atoms with Crippen molar-refractivity contribution in [3.05, 3.63) is 0 Å². The number of nitrogens with one attached hydrogen (secondary N) is 2. The number of nitrogens with two attached hydrogens (primary N) is 2. The fourth-order valence-corrected chi connectivity index (χ4v) is 6.09. The van der Waals surface area contributed by atoms with Crippen LogP contribution in [0.5, 0.6) is 0 Å². The zero-order valence-electron chi connectivity index (χ0n) is 23.0. The van der Waals surface area contributed by atoms with Crippen molar-refractivity contribution in [1.29, 1.82) is 0 Å². The molecule has 2 fully saturated rings. The number of amides is 2. The fourth-order valence-electron chi connectivity index (χ4n) is 5.57. The minimum Gasteiger partial charge on any atom is -0.449 e. The van der Waals surface area contributed by atoms with Crippen molar-refractivity contribution in [1.82, 2.24) is 20.7 Å². The summed E-state index contributed by atoms with van der Waals surface area (Å²) in [6, 6.07) is 0. The average Bonchev–Trinajstić information content (AvgIpc) is 2.93. The summed E-state index contributed by atoms with van der Waals surface area (Å²) in [5.74, 6) is 11.2. The molecule has 14 heteroatoms. The highest BCUT2D eigenvalue weighted by atomic mass is 32.1. The molecule has 0 aromatic rings. The van der Waals surface area contributed by atoms with Crippen LogP contribution in [0, 0.1) is 11.8 Å². The molecule has 0 radical (unpaired) electrons. The molecule has 2 unspecified atom stereocenters. The smallest absolute Gasteiger partial charge is 0.418 e. The van der Waals surface area contributed by atoms with Crippen LogP contribution in [0.4, 0.5) is 9.59 Å². The third-order valence-corrected chi connectivity index (χ3v) is 8.27. The second-order valence-electron chi connectivity index (χ2n) is 10.0. The Balaban J connectivity index is 2.71. The molecular formula is C24H44N8O4S2. The first kappa shape index (κ1) is 32.1. The predicted molar refractivity (Wildman–Crippen MR) is 152 cm³/mol. The maximum atomic E-state index is 13.2. The van der Waals surface area contributed by atoms with Gasteiger partial charge in [0.2, 0.25) is 0 Å². The number of hydrazine groups is 2. The van der Waals surface area contributed by atoms with E-state index in [1.807, 2.05) is 13.8 Å². The topological polar surface area (TPSA) is 160 Å². The Labute approximate surface area is 236 Å². The third kappa shape index (κ3) is 7.27. The highest BCUT2D eigenvalue weighted by Gasteiger charge is 2.50. The Kier molecular flexibility index (Phi) is 12.5. The molecule has 216 valence electrons. The van der Waals surface area contributed by atoms with Gasteiger partial charge in [0.1, 0.15) is 0 Å². The van der Waals surface area contributed by atoms with Crippen molar-refractivity contribution < 1.29 is 19.1 Å². The number of hydrogen-bond donors (Lipinski definition) is 4. The van der Waals surface area contributed by atoms with Crippen molar-refractivity contribution >= 4 is 46.8 Å². The lowest BCUT2D eigenvalue weighted by molar-refractivity contribution is 0.0355. The van der Waals surface area contributed by atoms with E-state index in [1.165, 1.54) is 9.80 Å². The molecule has 0 saturated heterocycles. The Bertz CT molecular complexity index is 798. The van der Waals surface area contributed by atoms with E-state index in [-0.39, 0.29) is 35.3 Å². The molecule has 0 aromatic heterocycles. The lowest BCUT2D eigenvalue weighted by atomic mass is 9.79. The van der Waals surface area contributed by atoms with Crippen molar-refractivity contribution in [3.63, 3.8) is 0 Å². The van der Waals surface area contributed by atoms with Crippen LogP contribution in [0.2, 0.25) is 0 Å². The molecular weight excluding hydrogens is 528 g/mol. The molecule has 0 bridgehead atoms. The summed E-state index contributed by atoms with van der Waals surface area (Å²) < 4.78 is 10.7. The van der Waals surface area contributed by atoms with Crippen molar-refractivity contribution in [3.8, 4) is 0 Å². The summed E-state index contributed by atoms with van der Waals surface area (Å²) in [7, 11) is 0. The van der Waals surface area contributed by atoms with Crippen molar-refractivity contribution in [2.75, 3.05) is 13.2 Å². The third-order valence-electron chi connectivity index (χ3n) is 7.67. The summed E-state index contributed by atoms with van der Waals surface area (Å²) in [5, 5.41) is 9.68. The number of nitrogens with zero attached hydrogens (tertiary/aromatic N) is 4. The zero-order valence-corrected chi connectivity index (χ0v) is 24.7.